The molecule has 1 aliphatic heterocycles. The van der Waals surface area contributed by atoms with Gasteiger partial charge in [0.2, 0.25) is 0 Å². The molecule has 2 aromatic rings. The molecule has 0 fully saturated rings. The predicted molar refractivity (Wildman–Crippen MR) is 91.2 cm³/mol. The summed E-state index contributed by atoms with van der Waals surface area (Å²) in [6.07, 6.45) is 2.31. The van der Waals surface area contributed by atoms with Crippen LogP contribution in [0.4, 0.5) is 0 Å². The zero-order valence-corrected chi connectivity index (χ0v) is 14.0. The Hall–Kier alpha value is -1.39. The third-order valence-electron chi connectivity index (χ3n) is 4.44. The van der Waals surface area contributed by atoms with E-state index in [9.17, 15) is 0 Å². The van der Waals surface area contributed by atoms with Crippen LogP contribution >= 0.6 is 12.2 Å². The van der Waals surface area contributed by atoms with Crippen LogP contribution in [0.1, 0.15) is 31.9 Å². The maximum atomic E-state index is 5.52. The van der Waals surface area contributed by atoms with Gasteiger partial charge in [0.25, 0.3) is 0 Å². The molecule has 0 spiro atoms. The second-order valence-corrected chi connectivity index (χ2v) is 6.74. The topological polar surface area (TPSA) is 24.0 Å². The zero-order chi connectivity index (χ0) is 15.1. The number of hydrogen-bond acceptors (Lipinski definition) is 2. The van der Waals surface area contributed by atoms with Crippen molar-refractivity contribution in [1.82, 2.24) is 14.5 Å². The lowest BCUT2D eigenvalue weighted by Gasteiger charge is -2.26. The molecule has 0 bridgehead atoms. The summed E-state index contributed by atoms with van der Waals surface area (Å²) in [5, 5.41) is 0. The summed E-state index contributed by atoms with van der Waals surface area (Å²) in [5.74, 6) is 0. The van der Waals surface area contributed by atoms with Crippen molar-refractivity contribution in [3.63, 3.8) is 0 Å². The van der Waals surface area contributed by atoms with Crippen molar-refractivity contribution in [1.29, 1.82) is 0 Å². The molecular weight excluding hydrogens is 278 g/mol. The molecule has 0 saturated heterocycles. The Kier molecular flexibility index (Phi) is 3.76. The first kappa shape index (κ1) is 14.5. The van der Waals surface area contributed by atoms with Crippen molar-refractivity contribution in [3.8, 4) is 0 Å². The Bertz CT molecular complexity index is 762. The normalized spacial score (nSPS) is 18.8. The average molecular weight is 301 g/mol. The zero-order valence-electron chi connectivity index (χ0n) is 13.2. The number of hydrogen-bond donors (Lipinski definition) is 1. The molecule has 0 radical (unpaired) electrons. The number of aryl methyl sites for hydroxylation is 1. The van der Waals surface area contributed by atoms with Gasteiger partial charge in [-0.2, -0.15) is 0 Å². The number of nitrogens with one attached hydrogen (secondary N) is 1. The molecule has 0 aliphatic carbocycles. The van der Waals surface area contributed by atoms with E-state index < -0.39 is 0 Å². The van der Waals surface area contributed by atoms with E-state index >= 15 is 0 Å². The van der Waals surface area contributed by atoms with Crippen LogP contribution in [0.2, 0.25) is 0 Å². The van der Waals surface area contributed by atoms with E-state index in [4.69, 9.17) is 12.2 Å². The quantitative estimate of drug-likeness (QED) is 0.664. The van der Waals surface area contributed by atoms with Gasteiger partial charge in [0, 0.05) is 25.7 Å². The van der Waals surface area contributed by atoms with Gasteiger partial charge < -0.3 is 9.55 Å². The second-order valence-electron chi connectivity index (χ2n) is 6.36. The van der Waals surface area contributed by atoms with E-state index in [1.54, 1.807) is 0 Å². The highest BCUT2D eigenvalue weighted by atomic mass is 32.1. The van der Waals surface area contributed by atoms with Gasteiger partial charge in [0.05, 0.1) is 11.0 Å². The fourth-order valence-electron chi connectivity index (χ4n) is 3.09. The molecular formula is C17H23N3S. The number of benzene rings is 1. The highest BCUT2D eigenvalue weighted by Gasteiger charge is 2.23. The van der Waals surface area contributed by atoms with Crippen LogP contribution in [0.25, 0.3) is 11.0 Å². The molecule has 112 valence electrons. The Balaban J connectivity index is 2.12. The second kappa shape index (κ2) is 5.43. The van der Waals surface area contributed by atoms with Crippen LogP contribution in [-0.4, -0.2) is 27.0 Å². The van der Waals surface area contributed by atoms with Crippen LogP contribution in [0.5, 0.6) is 0 Å². The van der Waals surface area contributed by atoms with Crippen molar-refractivity contribution >= 4 is 23.3 Å². The van der Waals surface area contributed by atoms with Gasteiger partial charge in [0.1, 0.15) is 0 Å². The molecule has 3 nitrogen and oxygen atoms in total. The van der Waals surface area contributed by atoms with Crippen LogP contribution in [-0.2, 0) is 13.1 Å². The van der Waals surface area contributed by atoms with Gasteiger partial charge in [-0.15, -0.1) is 0 Å². The summed E-state index contributed by atoms with van der Waals surface area (Å²) >= 11 is 5.52. The van der Waals surface area contributed by atoms with Crippen molar-refractivity contribution in [2.45, 2.75) is 46.8 Å². The van der Waals surface area contributed by atoms with Gasteiger partial charge in [0.15, 0.2) is 4.77 Å². The fourth-order valence-corrected chi connectivity index (χ4v) is 3.36. The summed E-state index contributed by atoms with van der Waals surface area (Å²) in [7, 11) is 0. The largest absolute Gasteiger partial charge is 0.331 e. The van der Waals surface area contributed by atoms with Gasteiger partial charge in [-0.3, -0.25) is 4.90 Å². The van der Waals surface area contributed by atoms with Gasteiger partial charge >= 0.3 is 0 Å². The smallest absolute Gasteiger partial charge is 0.178 e. The van der Waals surface area contributed by atoms with E-state index in [1.807, 2.05) is 0 Å². The monoisotopic (exact) mass is 301 g/mol. The molecule has 4 heteroatoms. The molecule has 21 heavy (non-hydrogen) atoms. The third-order valence-corrected chi connectivity index (χ3v) is 4.76. The minimum atomic E-state index is 0.470. The number of imidazole rings is 1. The number of nitrogens with zero attached hydrogens (tertiary/aromatic N) is 2. The molecule has 0 unspecified atom stereocenters. The lowest BCUT2D eigenvalue weighted by molar-refractivity contribution is 0.210. The highest BCUT2D eigenvalue weighted by Crippen LogP contribution is 2.28. The molecule has 1 aliphatic rings. The van der Waals surface area contributed by atoms with E-state index in [-0.39, 0.29) is 0 Å². The highest BCUT2D eigenvalue weighted by molar-refractivity contribution is 7.71. The van der Waals surface area contributed by atoms with Crippen molar-refractivity contribution in [2.75, 3.05) is 6.54 Å². The summed E-state index contributed by atoms with van der Waals surface area (Å²) in [6, 6.07) is 4.82. The van der Waals surface area contributed by atoms with Crippen LogP contribution in [0, 0.1) is 11.7 Å². The first-order valence-electron chi connectivity index (χ1n) is 7.55. The summed E-state index contributed by atoms with van der Waals surface area (Å²) in [4.78, 5) is 5.88. The Labute approximate surface area is 131 Å². The Morgan fingerprint density at radius 3 is 2.90 bits per heavy atom. The molecule has 2 heterocycles. The maximum Gasteiger partial charge on any atom is 0.178 e. The van der Waals surface area contributed by atoms with E-state index in [0.717, 1.165) is 29.9 Å². The van der Waals surface area contributed by atoms with Crippen LogP contribution < -0.4 is 0 Å². The minimum absolute atomic E-state index is 0.470. The number of rotatable bonds is 2. The lowest BCUT2D eigenvalue weighted by Crippen LogP contribution is -2.34. The Morgan fingerprint density at radius 2 is 2.19 bits per heavy atom. The van der Waals surface area contributed by atoms with Crippen molar-refractivity contribution < 1.29 is 0 Å². The summed E-state index contributed by atoms with van der Waals surface area (Å²) in [6.45, 7) is 11.8. The minimum Gasteiger partial charge on any atom is -0.331 e. The van der Waals surface area contributed by atoms with Crippen LogP contribution in [0.15, 0.2) is 23.8 Å². The maximum absolute atomic E-state index is 5.52. The predicted octanol–water partition coefficient (Wildman–Crippen LogP) is 4.18. The third kappa shape index (κ3) is 2.58. The Morgan fingerprint density at radius 1 is 1.43 bits per heavy atom. The molecule has 1 atom stereocenters. The molecule has 3 rings (SSSR count). The first-order valence-corrected chi connectivity index (χ1v) is 7.96. The van der Waals surface area contributed by atoms with Gasteiger partial charge in [-0.05, 0) is 57.1 Å². The molecule has 1 aromatic carbocycles. The van der Waals surface area contributed by atoms with Crippen molar-refractivity contribution in [3.05, 3.63) is 39.7 Å². The van der Waals surface area contributed by atoms with E-state index in [2.05, 4.69) is 60.4 Å². The number of allylic oxidation sites excluding steroid dienone is 1. The molecule has 1 N–H and O–H groups in total. The SMILES string of the molecule is CC(C)=CCN1Cc2c(C)ccc3[nH]c(=S)n(c23)C[C@H]1C. The fraction of sp³-hybridized carbons (Fsp3) is 0.471. The number of aromatic amines is 1. The van der Waals surface area contributed by atoms with Crippen LogP contribution in [0.3, 0.4) is 0 Å². The van der Waals surface area contributed by atoms with E-state index in [1.165, 1.54) is 22.2 Å². The summed E-state index contributed by atoms with van der Waals surface area (Å²) < 4.78 is 3.12. The van der Waals surface area contributed by atoms with Gasteiger partial charge in [-0.25, -0.2) is 0 Å². The first-order chi connectivity index (χ1) is 9.97. The molecule has 0 saturated carbocycles. The van der Waals surface area contributed by atoms with Gasteiger partial charge in [-0.1, -0.05) is 17.7 Å². The standard InChI is InChI=1S/C17H23N3S/c1-11(2)7-8-19-10-14-12(3)5-6-15-16(14)20(9-13(19)4)17(21)18-15/h5-7,13H,8-10H2,1-4H3,(H,18,21)/t13-/m1/s1. The number of H-pyrrole nitrogens is 1. The average Bonchev–Trinajstić information content (AvgIpc) is 2.64. The summed E-state index contributed by atoms with van der Waals surface area (Å²) in [5.41, 5.74) is 6.59. The van der Waals surface area contributed by atoms with Crippen molar-refractivity contribution in [2.24, 2.45) is 0 Å². The lowest BCUT2D eigenvalue weighted by atomic mass is 10.1. The molecule has 0 amide bonds. The van der Waals surface area contributed by atoms with E-state index in [0.29, 0.717) is 6.04 Å². The molecule has 1 aromatic heterocycles. The number of aromatic nitrogens is 2.